The second-order valence-corrected chi connectivity index (χ2v) is 10.2. The number of aromatic nitrogens is 2. The van der Waals surface area contributed by atoms with Crippen LogP contribution in [0.5, 0.6) is 0 Å². The van der Waals surface area contributed by atoms with Crippen LogP contribution in [0.2, 0.25) is 0 Å². The molecule has 9 heteroatoms. The second kappa shape index (κ2) is 9.50. The summed E-state index contributed by atoms with van der Waals surface area (Å²) in [4.78, 5) is 20.9. The molecule has 4 rings (SSSR count). The van der Waals surface area contributed by atoms with Crippen molar-refractivity contribution in [2.75, 3.05) is 36.9 Å². The van der Waals surface area contributed by atoms with Crippen molar-refractivity contribution < 1.29 is 17.9 Å². The van der Waals surface area contributed by atoms with Gasteiger partial charge in [0, 0.05) is 31.9 Å². The largest absolute Gasteiger partial charge is 0.376 e. The van der Waals surface area contributed by atoms with Crippen molar-refractivity contribution in [2.24, 2.45) is 0 Å². The molecule has 2 aliphatic rings. The lowest BCUT2D eigenvalue weighted by Gasteiger charge is -2.34. The van der Waals surface area contributed by atoms with Crippen LogP contribution >= 0.6 is 0 Å². The predicted molar refractivity (Wildman–Crippen MR) is 118 cm³/mol. The number of sulfone groups is 1. The zero-order valence-electron chi connectivity index (χ0n) is 17.9. The number of carbonyl (C=O) groups excluding carboxylic acids is 1. The minimum Gasteiger partial charge on any atom is -0.376 e. The normalized spacial score (nSPS) is 20.5. The number of amides is 1. The number of piperazine rings is 1. The van der Waals surface area contributed by atoms with Crippen LogP contribution in [0.3, 0.4) is 0 Å². The predicted octanol–water partition coefficient (Wildman–Crippen LogP) is 2.09. The Hall–Kier alpha value is -2.23. The fourth-order valence-electron chi connectivity index (χ4n) is 4.28. The van der Waals surface area contributed by atoms with Crippen LogP contribution in [0.4, 0.5) is 5.69 Å². The van der Waals surface area contributed by atoms with Crippen LogP contribution in [0.25, 0.3) is 0 Å². The molecule has 0 spiro atoms. The summed E-state index contributed by atoms with van der Waals surface area (Å²) in [6, 6.07) is 9.67. The number of rotatable bonds is 8. The molecule has 0 saturated carbocycles. The molecule has 8 nitrogen and oxygen atoms in total. The van der Waals surface area contributed by atoms with E-state index in [1.807, 2.05) is 37.3 Å². The van der Waals surface area contributed by atoms with E-state index < -0.39 is 9.84 Å². The van der Waals surface area contributed by atoms with Crippen molar-refractivity contribution >= 4 is 21.4 Å². The van der Waals surface area contributed by atoms with Crippen molar-refractivity contribution in [2.45, 2.75) is 50.5 Å². The molecule has 0 aliphatic carbocycles. The van der Waals surface area contributed by atoms with Gasteiger partial charge in [-0.25, -0.2) is 13.4 Å². The Morgan fingerprint density at radius 1 is 1.19 bits per heavy atom. The lowest BCUT2D eigenvalue weighted by molar-refractivity contribution is -0.121. The topological polar surface area (TPSA) is 84.7 Å². The van der Waals surface area contributed by atoms with E-state index in [2.05, 4.69) is 9.88 Å². The minimum absolute atomic E-state index is 0.0000801. The summed E-state index contributed by atoms with van der Waals surface area (Å²) in [6.45, 7) is 5.12. The highest BCUT2D eigenvalue weighted by atomic mass is 32.2. The van der Waals surface area contributed by atoms with Crippen LogP contribution < -0.4 is 4.90 Å². The molecule has 0 radical (unpaired) electrons. The van der Waals surface area contributed by atoms with Gasteiger partial charge in [0.25, 0.3) is 0 Å². The number of carbonyl (C=O) groups is 1. The van der Waals surface area contributed by atoms with Crippen molar-refractivity contribution in [3.8, 4) is 0 Å². The first kappa shape index (κ1) is 22.0. The summed E-state index contributed by atoms with van der Waals surface area (Å²) in [6.07, 6.45) is 4.09. The molecule has 168 valence electrons. The zero-order chi connectivity index (χ0) is 21.8. The molecule has 0 unspecified atom stereocenters. The van der Waals surface area contributed by atoms with Crippen molar-refractivity contribution in [3.05, 3.63) is 42.2 Å². The number of hydrogen-bond acceptors (Lipinski definition) is 6. The lowest BCUT2D eigenvalue weighted by atomic mass is 10.2. The van der Waals surface area contributed by atoms with Crippen molar-refractivity contribution in [3.63, 3.8) is 0 Å². The third-order valence-corrected chi connectivity index (χ3v) is 7.64. The van der Waals surface area contributed by atoms with Gasteiger partial charge in [0.1, 0.15) is 0 Å². The van der Waals surface area contributed by atoms with Crippen LogP contribution in [0, 0.1) is 0 Å². The average Bonchev–Trinajstić information content (AvgIpc) is 3.40. The van der Waals surface area contributed by atoms with Gasteiger partial charge >= 0.3 is 0 Å². The maximum absolute atomic E-state index is 12.8. The maximum Gasteiger partial charge on any atom is 0.241 e. The zero-order valence-corrected chi connectivity index (χ0v) is 18.8. The number of nitrogens with zero attached hydrogens (tertiary/aromatic N) is 4. The average molecular weight is 447 g/mol. The third-order valence-electron chi connectivity index (χ3n) is 5.82. The number of benzene rings is 1. The molecule has 0 N–H and O–H groups in total. The van der Waals surface area contributed by atoms with E-state index in [4.69, 9.17) is 4.74 Å². The fraction of sp³-hybridized carbons (Fsp3) is 0.545. The molecule has 1 aromatic carbocycles. The summed E-state index contributed by atoms with van der Waals surface area (Å²) < 4.78 is 33.1. The molecule has 31 heavy (non-hydrogen) atoms. The number of anilines is 1. The van der Waals surface area contributed by atoms with Crippen LogP contribution in [0.1, 0.15) is 31.9 Å². The number of hydrogen-bond donors (Lipinski definition) is 0. The second-order valence-electron chi connectivity index (χ2n) is 8.19. The molecule has 1 atom stereocenters. The highest BCUT2D eigenvalue weighted by molar-refractivity contribution is 7.91. The Kier molecular flexibility index (Phi) is 6.74. The van der Waals surface area contributed by atoms with E-state index in [-0.39, 0.29) is 29.5 Å². The molecule has 1 amide bonds. The SMILES string of the molecule is CCCS(=O)(=O)c1ncc(CN2CCN(c3ccccc3)C(=O)C2)n1C[C@H]1CCCO1. The lowest BCUT2D eigenvalue weighted by Crippen LogP contribution is -2.50. The number of imidazole rings is 1. The van der Waals surface area contributed by atoms with E-state index in [0.717, 1.165) is 24.2 Å². The molecule has 2 aromatic rings. The Bertz CT molecular complexity index is 1000. The van der Waals surface area contributed by atoms with Crippen LogP contribution in [-0.2, 0) is 32.5 Å². The molecule has 1 aromatic heterocycles. The van der Waals surface area contributed by atoms with Crippen LogP contribution in [-0.4, -0.2) is 66.9 Å². The van der Waals surface area contributed by atoms with Gasteiger partial charge in [0.05, 0.1) is 36.8 Å². The summed E-state index contributed by atoms with van der Waals surface area (Å²) in [7, 11) is -3.46. The monoisotopic (exact) mass is 446 g/mol. The van der Waals surface area contributed by atoms with Gasteiger partial charge in [-0.05, 0) is 31.4 Å². The molecule has 2 aliphatic heterocycles. The quantitative estimate of drug-likeness (QED) is 0.617. The van der Waals surface area contributed by atoms with Crippen LogP contribution in [0.15, 0.2) is 41.7 Å². The standard InChI is InChI=1S/C22H30N4O4S/c1-2-13-31(28,29)22-23-14-19(26(22)16-20-9-6-12-30-20)15-24-10-11-25(21(27)17-24)18-7-4-3-5-8-18/h3-5,7-8,14,20H,2,6,9-13,15-17H2,1H3/t20-/m1/s1. The molecule has 2 saturated heterocycles. The van der Waals surface area contributed by atoms with Gasteiger partial charge in [0.2, 0.25) is 20.9 Å². The van der Waals surface area contributed by atoms with Gasteiger partial charge in [-0.3, -0.25) is 9.69 Å². The number of para-hydroxylation sites is 1. The molecular formula is C22H30N4O4S. The van der Waals surface area contributed by atoms with E-state index in [9.17, 15) is 13.2 Å². The first-order valence-corrected chi connectivity index (χ1v) is 12.6. The van der Waals surface area contributed by atoms with Gasteiger partial charge in [-0.1, -0.05) is 25.1 Å². The first-order chi connectivity index (χ1) is 15.0. The van der Waals surface area contributed by atoms with E-state index >= 15 is 0 Å². The Labute approximate surface area is 183 Å². The Morgan fingerprint density at radius 3 is 2.68 bits per heavy atom. The third kappa shape index (κ3) is 4.99. The summed E-state index contributed by atoms with van der Waals surface area (Å²) in [5, 5.41) is 0.120. The van der Waals surface area contributed by atoms with E-state index in [1.54, 1.807) is 15.7 Å². The molecule has 3 heterocycles. The summed E-state index contributed by atoms with van der Waals surface area (Å²) >= 11 is 0. The van der Waals surface area contributed by atoms with E-state index in [1.165, 1.54) is 0 Å². The first-order valence-electron chi connectivity index (χ1n) is 10.9. The van der Waals surface area contributed by atoms with Crippen molar-refractivity contribution in [1.29, 1.82) is 0 Å². The number of ether oxygens (including phenoxy) is 1. The maximum atomic E-state index is 12.8. The van der Waals surface area contributed by atoms with Gasteiger partial charge in [-0.15, -0.1) is 0 Å². The van der Waals surface area contributed by atoms with Gasteiger partial charge in [-0.2, -0.15) is 0 Å². The molecule has 2 fully saturated rings. The summed E-state index contributed by atoms with van der Waals surface area (Å²) in [5.41, 5.74) is 1.72. The highest BCUT2D eigenvalue weighted by Crippen LogP contribution is 2.22. The fourth-order valence-corrected chi connectivity index (χ4v) is 5.74. The van der Waals surface area contributed by atoms with Crippen molar-refractivity contribution in [1.82, 2.24) is 14.5 Å². The van der Waals surface area contributed by atoms with E-state index in [0.29, 0.717) is 39.2 Å². The summed E-state index contributed by atoms with van der Waals surface area (Å²) in [5.74, 6) is 0.116. The smallest absolute Gasteiger partial charge is 0.241 e. The Balaban J connectivity index is 1.51. The minimum atomic E-state index is -3.46. The van der Waals surface area contributed by atoms with Gasteiger partial charge < -0.3 is 14.2 Å². The van der Waals surface area contributed by atoms with Gasteiger partial charge in [0.15, 0.2) is 0 Å². The highest BCUT2D eigenvalue weighted by Gasteiger charge is 2.29. The molecule has 0 bridgehead atoms. The molecular weight excluding hydrogens is 416 g/mol. The Morgan fingerprint density at radius 2 is 2.00 bits per heavy atom.